The summed E-state index contributed by atoms with van der Waals surface area (Å²) in [6.45, 7) is 3.83. The molecule has 0 amide bonds. The van der Waals surface area contributed by atoms with Gasteiger partial charge in [-0.2, -0.15) is 0 Å². The molecule has 3 atom stereocenters. The Morgan fingerprint density at radius 1 is 0.585 bits per heavy atom. The molecule has 0 aliphatic carbocycles. The quantitative estimate of drug-likeness (QED) is 0.0158. The van der Waals surface area contributed by atoms with Crippen LogP contribution in [0.1, 0.15) is 187 Å². The first-order chi connectivity index (χ1) is 31.4. The van der Waals surface area contributed by atoms with Gasteiger partial charge < -0.3 is 33.0 Å². The topological polar surface area (TPSA) is 131 Å². The summed E-state index contributed by atoms with van der Waals surface area (Å²) in [6.07, 6.45) is 55.2. The molecule has 0 rings (SSSR count). The summed E-state index contributed by atoms with van der Waals surface area (Å²) in [6, 6.07) is 0. The zero-order chi connectivity index (χ0) is 48.0. The first kappa shape index (κ1) is 62.1. The number of aliphatic hydroxyl groups excluding tert-OH is 1. The molecule has 0 fully saturated rings. The number of nitrogens with zero attached hydrogens (tertiary/aromatic N) is 1. The number of phosphoric acid groups is 1. The number of rotatable bonds is 45. The van der Waals surface area contributed by atoms with Gasteiger partial charge in [0.15, 0.2) is 6.10 Å². The lowest BCUT2D eigenvalue weighted by atomic mass is 10.0. The number of hydrogen-bond donors (Lipinski definition) is 1. The first-order valence-corrected chi connectivity index (χ1v) is 26.9. The normalized spacial score (nSPS) is 14.6. The Hall–Kier alpha value is -2.85. The predicted octanol–water partition coefficient (Wildman–Crippen LogP) is 13.5. The lowest BCUT2D eigenvalue weighted by Crippen LogP contribution is -2.37. The SMILES string of the molecule is CC/C=C\C/C=C\C/C=C\C/C=C\C/C=C\C=C/C(O)CCC(=O)O[C@H](COC(=O)CCCCCCCCCCCCC/C=C\CCCCCCCC)COP(=O)([O-])OCC[N+](C)(C)C. The van der Waals surface area contributed by atoms with E-state index in [1.54, 1.807) is 12.2 Å². The number of carbonyl (C=O) groups is 2. The fraction of sp³-hybridized carbons (Fsp3) is 0.704. The summed E-state index contributed by atoms with van der Waals surface area (Å²) in [5.74, 6) is -1.12. The fourth-order valence-corrected chi connectivity index (χ4v) is 7.25. The van der Waals surface area contributed by atoms with Crippen LogP contribution in [0.25, 0.3) is 0 Å². The van der Waals surface area contributed by atoms with Gasteiger partial charge in [-0.25, -0.2) is 0 Å². The Kier molecular flexibility index (Phi) is 43.0. The number of carbonyl (C=O) groups excluding carboxylic acids is 2. The molecular weight excluding hydrogens is 838 g/mol. The van der Waals surface area contributed by atoms with E-state index < -0.39 is 38.6 Å². The van der Waals surface area contributed by atoms with Crippen molar-refractivity contribution in [2.24, 2.45) is 0 Å². The highest BCUT2D eigenvalue weighted by Gasteiger charge is 2.22. The lowest BCUT2D eigenvalue weighted by molar-refractivity contribution is -0.870. The highest BCUT2D eigenvalue weighted by molar-refractivity contribution is 7.45. The standard InChI is InChI=1S/C54H94NO9P/c1-6-8-10-12-14-16-18-20-22-24-25-26-27-28-30-32-34-36-38-40-42-44-53(57)61-49-52(50-63-65(59,60)62-48-47-55(3,4)5)64-54(58)46-45-51(56)43-41-39-37-35-33-31-29-23-21-19-17-15-13-11-9-7-2/h9,11,15,17,20-23,31,33,37,39,41,43,51-52,56H,6-8,10,12-14,16,18-19,24-30,32,34-36,38,40,42,44-50H2,1-5H3/b11-9-,17-15-,22-20-,23-21-,33-31-,39-37-,43-41-/t51?,52-/m1/s1. The van der Waals surface area contributed by atoms with Crippen molar-refractivity contribution in [3.05, 3.63) is 85.1 Å². The van der Waals surface area contributed by atoms with Crippen LogP contribution in [0.3, 0.4) is 0 Å². The molecule has 65 heavy (non-hydrogen) atoms. The number of esters is 2. The number of phosphoric ester groups is 1. The van der Waals surface area contributed by atoms with Gasteiger partial charge in [0.1, 0.15) is 19.8 Å². The Balaban J connectivity index is 4.47. The van der Waals surface area contributed by atoms with Crippen molar-refractivity contribution in [2.45, 2.75) is 199 Å². The van der Waals surface area contributed by atoms with Gasteiger partial charge in [-0.3, -0.25) is 14.2 Å². The average Bonchev–Trinajstić information content (AvgIpc) is 3.26. The third kappa shape index (κ3) is 48.9. The van der Waals surface area contributed by atoms with Gasteiger partial charge in [0, 0.05) is 12.8 Å². The molecule has 0 aromatic carbocycles. The van der Waals surface area contributed by atoms with Crippen LogP contribution in [0.5, 0.6) is 0 Å². The summed E-state index contributed by atoms with van der Waals surface area (Å²) in [5, 5.41) is 10.4. The van der Waals surface area contributed by atoms with E-state index in [0.717, 1.165) is 51.4 Å². The zero-order valence-corrected chi connectivity index (χ0v) is 42.7. The van der Waals surface area contributed by atoms with Crippen molar-refractivity contribution in [1.82, 2.24) is 0 Å². The van der Waals surface area contributed by atoms with Gasteiger partial charge in [0.2, 0.25) is 0 Å². The maximum absolute atomic E-state index is 12.7. The number of hydrogen-bond acceptors (Lipinski definition) is 9. The zero-order valence-electron chi connectivity index (χ0n) is 41.8. The van der Waals surface area contributed by atoms with Crippen LogP contribution in [0.4, 0.5) is 0 Å². The van der Waals surface area contributed by atoms with Gasteiger partial charge in [0.25, 0.3) is 7.82 Å². The van der Waals surface area contributed by atoms with Crippen LogP contribution in [-0.4, -0.2) is 81.2 Å². The number of aliphatic hydroxyl groups is 1. The minimum absolute atomic E-state index is 0.0770. The van der Waals surface area contributed by atoms with E-state index in [2.05, 4.69) is 74.6 Å². The maximum atomic E-state index is 12.7. The second kappa shape index (κ2) is 45.0. The second-order valence-electron chi connectivity index (χ2n) is 18.0. The summed E-state index contributed by atoms with van der Waals surface area (Å²) in [7, 11) is 1.01. The molecule has 2 unspecified atom stereocenters. The molecule has 1 N–H and O–H groups in total. The molecule has 0 saturated heterocycles. The molecule has 0 heterocycles. The Bertz CT molecular complexity index is 1390. The first-order valence-electron chi connectivity index (χ1n) is 25.4. The maximum Gasteiger partial charge on any atom is 0.306 e. The summed E-state index contributed by atoms with van der Waals surface area (Å²) < 4.78 is 33.8. The average molecular weight is 932 g/mol. The molecule has 0 spiro atoms. The minimum Gasteiger partial charge on any atom is -0.756 e. The molecule has 0 aromatic heterocycles. The lowest BCUT2D eigenvalue weighted by Gasteiger charge is -2.28. The Morgan fingerprint density at radius 3 is 1.60 bits per heavy atom. The highest BCUT2D eigenvalue weighted by atomic mass is 31.2. The molecule has 0 aliphatic heterocycles. The van der Waals surface area contributed by atoms with Crippen LogP contribution >= 0.6 is 7.82 Å². The Morgan fingerprint density at radius 2 is 1.08 bits per heavy atom. The van der Waals surface area contributed by atoms with E-state index in [-0.39, 0.29) is 32.5 Å². The monoisotopic (exact) mass is 932 g/mol. The molecular formula is C54H94NO9P. The Labute approximate surface area is 397 Å². The van der Waals surface area contributed by atoms with E-state index in [1.807, 2.05) is 33.3 Å². The van der Waals surface area contributed by atoms with E-state index in [4.69, 9.17) is 18.5 Å². The fourth-order valence-electron chi connectivity index (χ4n) is 6.52. The number of unbranched alkanes of at least 4 members (excludes halogenated alkanes) is 17. The molecule has 0 aliphatic rings. The summed E-state index contributed by atoms with van der Waals surface area (Å²) >= 11 is 0. The van der Waals surface area contributed by atoms with Crippen LogP contribution in [-0.2, 0) is 32.7 Å². The molecule has 0 aromatic rings. The van der Waals surface area contributed by atoms with E-state index in [9.17, 15) is 24.2 Å². The third-order valence-electron chi connectivity index (χ3n) is 10.5. The van der Waals surface area contributed by atoms with Crippen LogP contribution < -0.4 is 4.89 Å². The summed E-state index contributed by atoms with van der Waals surface area (Å²) in [5.41, 5.74) is 0. The largest absolute Gasteiger partial charge is 0.756 e. The van der Waals surface area contributed by atoms with Gasteiger partial charge in [-0.15, -0.1) is 0 Å². The van der Waals surface area contributed by atoms with Gasteiger partial charge in [0.05, 0.1) is 33.9 Å². The van der Waals surface area contributed by atoms with Gasteiger partial charge >= 0.3 is 11.9 Å². The summed E-state index contributed by atoms with van der Waals surface area (Å²) in [4.78, 5) is 37.7. The van der Waals surface area contributed by atoms with Crippen molar-refractivity contribution < 1.29 is 47.2 Å². The van der Waals surface area contributed by atoms with Crippen molar-refractivity contribution in [1.29, 1.82) is 0 Å². The number of ether oxygens (including phenoxy) is 2. The van der Waals surface area contributed by atoms with Crippen molar-refractivity contribution in [3.8, 4) is 0 Å². The molecule has 0 bridgehead atoms. The second-order valence-corrected chi connectivity index (χ2v) is 19.4. The molecule has 11 heteroatoms. The van der Waals surface area contributed by atoms with Gasteiger partial charge in [-0.05, 0) is 70.6 Å². The smallest absolute Gasteiger partial charge is 0.306 e. The van der Waals surface area contributed by atoms with E-state index >= 15 is 0 Å². The van der Waals surface area contributed by atoms with Gasteiger partial charge in [-0.1, -0.05) is 189 Å². The number of allylic oxidation sites excluding steroid dienone is 13. The molecule has 0 radical (unpaired) electrons. The molecule has 374 valence electrons. The van der Waals surface area contributed by atoms with Crippen LogP contribution in [0, 0.1) is 0 Å². The van der Waals surface area contributed by atoms with Crippen LogP contribution in [0.2, 0.25) is 0 Å². The molecule has 10 nitrogen and oxygen atoms in total. The minimum atomic E-state index is -4.70. The van der Waals surface area contributed by atoms with E-state index in [1.165, 1.54) is 96.3 Å². The van der Waals surface area contributed by atoms with Crippen molar-refractivity contribution in [3.63, 3.8) is 0 Å². The third-order valence-corrected chi connectivity index (χ3v) is 11.5. The number of quaternary nitrogens is 1. The van der Waals surface area contributed by atoms with Crippen molar-refractivity contribution >= 4 is 19.8 Å². The predicted molar refractivity (Wildman–Crippen MR) is 269 cm³/mol. The van der Waals surface area contributed by atoms with Crippen LogP contribution in [0.15, 0.2) is 85.1 Å². The highest BCUT2D eigenvalue weighted by Crippen LogP contribution is 2.38. The molecule has 0 saturated carbocycles. The number of likely N-dealkylation sites (N-methyl/N-ethyl adjacent to an activating group) is 1. The van der Waals surface area contributed by atoms with E-state index in [0.29, 0.717) is 17.4 Å². The van der Waals surface area contributed by atoms with Crippen molar-refractivity contribution in [2.75, 3.05) is 47.5 Å².